The summed E-state index contributed by atoms with van der Waals surface area (Å²) in [5, 5.41) is 3.45. The fraction of sp³-hybridized carbons (Fsp3) is 0.417. The van der Waals surface area contributed by atoms with Gasteiger partial charge in [-0.3, -0.25) is 13.9 Å². The van der Waals surface area contributed by atoms with Crippen molar-refractivity contribution in [1.29, 1.82) is 0 Å². The van der Waals surface area contributed by atoms with Crippen LogP contribution in [0.25, 0.3) is 0 Å². The van der Waals surface area contributed by atoms with E-state index in [1.165, 1.54) is 4.90 Å². The number of amides is 2. The molecule has 1 atom stereocenters. The summed E-state index contributed by atoms with van der Waals surface area (Å²) < 4.78 is 26.5. The van der Waals surface area contributed by atoms with Gasteiger partial charge >= 0.3 is 0 Å². The molecule has 2 rings (SSSR count). The predicted octanol–water partition coefficient (Wildman–Crippen LogP) is 4.32. The topological polar surface area (TPSA) is 86.8 Å². The first-order chi connectivity index (χ1) is 15.9. The number of nitrogens with one attached hydrogen (secondary N) is 1. The Morgan fingerprint density at radius 3 is 2.24 bits per heavy atom. The number of carbonyl (C=O) groups is 2. The second kappa shape index (κ2) is 11.9. The number of aryl methyl sites for hydroxylation is 2. The van der Waals surface area contributed by atoms with E-state index >= 15 is 0 Å². The fourth-order valence-corrected chi connectivity index (χ4v) is 4.95. The first kappa shape index (κ1) is 28.0. The minimum absolute atomic E-state index is 0.0653. The smallest absolute Gasteiger partial charge is 0.244 e. The van der Waals surface area contributed by atoms with E-state index in [1.54, 1.807) is 51.1 Å². The Morgan fingerprint density at radius 2 is 1.71 bits per heavy atom. The van der Waals surface area contributed by atoms with Gasteiger partial charge in [0.2, 0.25) is 21.8 Å². The van der Waals surface area contributed by atoms with Crippen LogP contribution in [0.3, 0.4) is 0 Å². The van der Waals surface area contributed by atoms with E-state index < -0.39 is 28.5 Å². The van der Waals surface area contributed by atoms with Crippen LogP contribution in [0.1, 0.15) is 37.0 Å². The Bertz CT molecular complexity index is 1150. The van der Waals surface area contributed by atoms with Crippen molar-refractivity contribution in [2.75, 3.05) is 23.7 Å². The second-order valence-electron chi connectivity index (χ2n) is 8.15. The van der Waals surface area contributed by atoms with Crippen molar-refractivity contribution in [3.05, 3.63) is 63.1 Å². The number of benzene rings is 2. The molecule has 10 heteroatoms. The molecule has 0 unspecified atom stereocenters. The van der Waals surface area contributed by atoms with E-state index in [-0.39, 0.29) is 12.5 Å². The molecule has 0 aliphatic carbocycles. The van der Waals surface area contributed by atoms with Crippen LogP contribution in [0, 0.1) is 13.8 Å². The lowest BCUT2D eigenvalue weighted by molar-refractivity contribution is -0.140. The number of hydrogen-bond donors (Lipinski definition) is 1. The number of halogens is 2. The third-order valence-electron chi connectivity index (χ3n) is 5.37. The molecule has 0 fully saturated rings. The Morgan fingerprint density at radius 1 is 1.03 bits per heavy atom. The molecule has 2 amide bonds. The summed E-state index contributed by atoms with van der Waals surface area (Å²) in [5.41, 5.74) is 2.79. The molecule has 0 heterocycles. The van der Waals surface area contributed by atoms with Crippen LogP contribution in [-0.2, 0) is 26.2 Å². The molecule has 0 aliphatic heterocycles. The fourth-order valence-electron chi connectivity index (χ4n) is 3.73. The lowest BCUT2D eigenvalue weighted by Crippen LogP contribution is -2.52. The second-order valence-corrected chi connectivity index (χ2v) is 10.9. The van der Waals surface area contributed by atoms with Crippen LogP contribution in [0.15, 0.2) is 36.4 Å². The molecule has 186 valence electrons. The summed E-state index contributed by atoms with van der Waals surface area (Å²) in [6, 6.07) is 9.51. The molecule has 2 aromatic rings. The zero-order valence-corrected chi connectivity index (χ0v) is 22.4. The van der Waals surface area contributed by atoms with Gasteiger partial charge in [-0.05, 0) is 56.5 Å². The Kier molecular flexibility index (Phi) is 9.79. The summed E-state index contributed by atoms with van der Waals surface area (Å²) in [5.74, 6) is -0.814. The number of anilines is 1. The van der Waals surface area contributed by atoms with Crippen LogP contribution in [0.4, 0.5) is 5.69 Å². The molecule has 0 bridgehead atoms. The van der Waals surface area contributed by atoms with Crippen LogP contribution < -0.4 is 9.62 Å². The quantitative estimate of drug-likeness (QED) is 0.498. The first-order valence-corrected chi connectivity index (χ1v) is 13.6. The van der Waals surface area contributed by atoms with Gasteiger partial charge in [-0.2, -0.15) is 0 Å². The van der Waals surface area contributed by atoms with Crippen molar-refractivity contribution in [2.24, 2.45) is 0 Å². The van der Waals surface area contributed by atoms with Gasteiger partial charge in [0.15, 0.2) is 0 Å². The van der Waals surface area contributed by atoms with Crippen molar-refractivity contribution >= 4 is 50.7 Å². The van der Waals surface area contributed by atoms with E-state index in [0.717, 1.165) is 21.7 Å². The van der Waals surface area contributed by atoms with Crippen molar-refractivity contribution < 1.29 is 18.0 Å². The molecule has 0 aliphatic rings. The largest absolute Gasteiger partial charge is 0.355 e. The Balaban J connectivity index is 2.48. The monoisotopic (exact) mass is 527 g/mol. The van der Waals surface area contributed by atoms with Crippen molar-refractivity contribution in [3.63, 3.8) is 0 Å². The van der Waals surface area contributed by atoms with E-state index in [4.69, 9.17) is 23.2 Å². The highest BCUT2D eigenvalue weighted by Crippen LogP contribution is 2.26. The molecule has 0 saturated heterocycles. The van der Waals surface area contributed by atoms with Crippen LogP contribution in [0.5, 0.6) is 0 Å². The zero-order valence-electron chi connectivity index (χ0n) is 20.1. The SMILES string of the molecule is CCNC(=O)[C@H](CC)N(Cc1ccc(Cl)c(Cl)c1)C(=O)CN(c1ccc(C)cc1C)S(C)(=O)=O. The van der Waals surface area contributed by atoms with Gasteiger partial charge in [-0.25, -0.2) is 8.42 Å². The first-order valence-electron chi connectivity index (χ1n) is 10.9. The van der Waals surface area contributed by atoms with Gasteiger partial charge in [0.1, 0.15) is 12.6 Å². The normalized spacial score (nSPS) is 12.2. The standard InChI is InChI=1S/C24H31Cl2N3O4S/c1-6-21(24(31)27-7-2)28(14-18-9-10-19(25)20(26)13-18)23(30)15-29(34(5,32)33)22-11-8-16(3)12-17(22)4/h8-13,21H,6-7,14-15H2,1-5H3,(H,27,31)/t21-/m0/s1. The van der Waals surface area contributed by atoms with E-state index in [1.807, 2.05) is 13.0 Å². The van der Waals surface area contributed by atoms with Gasteiger partial charge in [0.25, 0.3) is 0 Å². The number of rotatable bonds is 10. The summed E-state index contributed by atoms with van der Waals surface area (Å²) in [4.78, 5) is 27.8. The number of sulfonamides is 1. The highest BCUT2D eigenvalue weighted by Gasteiger charge is 2.32. The third kappa shape index (κ3) is 7.10. The van der Waals surface area contributed by atoms with Gasteiger partial charge in [0.05, 0.1) is 22.0 Å². The maximum atomic E-state index is 13.6. The van der Waals surface area contributed by atoms with Crippen molar-refractivity contribution in [2.45, 2.75) is 46.7 Å². The molecular formula is C24H31Cl2N3O4S. The van der Waals surface area contributed by atoms with Gasteiger partial charge < -0.3 is 10.2 Å². The lowest BCUT2D eigenvalue weighted by atomic mass is 10.1. The van der Waals surface area contributed by atoms with E-state index in [2.05, 4.69) is 5.32 Å². The van der Waals surface area contributed by atoms with Gasteiger partial charge in [0, 0.05) is 13.1 Å². The zero-order chi connectivity index (χ0) is 25.6. The molecular weight excluding hydrogens is 497 g/mol. The number of carbonyl (C=O) groups excluding carboxylic acids is 2. The number of nitrogens with zero attached hydrogens (tertiary/aromatic N) is 2. The Hall–Kier alpha value is -2.29. The van der Waals surface area contributed by atoms with Crippen molar-refractivity contribution in [3.8, 4) is 0 Å². The molecule has 2 aromatic carbocycles. The van der Waals surface area contributed by atoms with Gasteiger partial charge in [-0.15, -0.1) is 0 Å². The third-order valence-corrected chi connectivity index (χ3v) is 7.24. The summed E-state index contributed by atoms with van der Waals surface area (Å²) in [6.45, 7) is 7.32. The molecule has 1 N–H and O–H groups in total. The molecule has 0 saturated carbocycles. The molecule has 0 aromatic heterocycles. The number of hydrogen-bond acceptors (Lipinski definition) is 4. The van der Waals surface area contributed by atoms with E-state index in [9.17, 15) is 18.0 Å². The highest BCUT2D eigenvalue weighted by atomic mass is 35.5. The van der Waals surface area contributed by atoms with Crippen LogP contribution in [0.2, 0.25) is 10.0 Å². The average Bonchev–Trinajstić information content (AvgIpc) is 2.74. The van der Waals surface area contributed by atoms with Crippen molar-refractivity contribution in [1.82, 2.24) is 10.2 Å². The van der Waals surface area contributed by atoms with E-state index in [0.29, 0.717) is 34.3 Å². The maximum absolute atomic E-state index is 13.6. The minimum atomic E-state index is -3.78. The van der Waals surface area contributed by atoms with Crippen LogP contribution in [-0.4, -0.2) is 50.5 Å². The lowest BCUT2D eigenvalue weighted by Gasteiger charge is -2.33. The average molecular weight is 529 g/mol. The number of likely N-dealkylation sites (N-methyl/N-ethyl adjacent to an activating group) is 1. The molecule has 34 heavy (non-hydrogen) atoms. The van der Waals surface area contributed by atoms with Gasteiger partial charge in [-0.1, -0.05) is 53.9 Å². The molecule has 0 radical (unpaired) electrons. The maximum Gasteiger partial charge on any atom is 0.244 e. The van der Waals surface area contributed by atoms with Crippen LogP contribution >= 0.6 is 23.2 Å². The summed E-state index contributed by atoms with van der Waals surface area (Å²) in [7, 11) is -3.78. The summed E-state index contributed by atoms with van der Waals surface area (Å²) >= 11 is 12.2. The minimum Gasteiger partial charge on any atom is -0.355 e. The predicted molar refractivity (Wildman–Crippen MR) is 138 cm³/mol. The highest BCUT2D eigenvalue weighted by molar-refractivity contribution is 7.92. The summed E-state index contributed by atoms with van der Waals surface area (Å²) in [6.07, 6.45) is 1.41. The Labute approximate surface area is 212 Å². The molecule has 0 spiro atoms. The molecule has 7 nitrogen and oxygen atoms in total.